The number of hydrogen-bond acceptors (Lipinski definition) is 6. The number of aliphatic hydroxyl groups is 1. The summed E-state index contributed by atoms with van der Waals surface area (Å²) < 4.78 is 10.8. The van der Waals surface area contributed by atoms with Crippen LogP contribution in [0.4, 0.5) is 0 Å². The second-order valence-corrected chi connectivity index (χ2v) is 10.6. The molecule has 0 heterocycles. The van der Waals surface area contributed by atoms with E-state index in [4.69, 9.17) is 9.47 Å². The maximum absolute atomic E-state index is 12.2. The molecule has 0 aliphatic heterocycles. The number of unbranched alkanes of at least 4 members (excludes halogenated alkanes) is 10. The molecule has 1 aromatic rings. The zero-order valence-electron chi connectivity index (χ0n) is 25.3. The Balaban J connectivity index is 2.05. The summed E-state index contributed by atoms with van der Waals surface area (Å²) in [6, 6.07) is 5.98. The van der Waals surface area contributed by atoms with E-state index in [0.29, 0.717) is 25.2 Å². The molecule has 0 bridgehead atoms. The first-order chi connectivity index (χ1) is 19.0. The molecular formula is C33H57NO5. The summed E-state index contributed by atoms with van der Waals surface area (Å²) in [7, 11) is 0. The van der Waals surface area contributed by atoms with Crippen LogP contribution in [-0.2, 0) is 27.2 Å². The van der Waals surface area contributed by atoms with Crippen molar-refractivity contribution >= 4 is 11.9 Å². The second-order valence-electron chi connectivity index (χ2n) is 10.6. The highest BCUT2D eigenvalue weighted by molar-refractivity contribution is 5.72. The minimum absolute atomic E-state index is 0.0525. The van der Waals surface area contributed by atoms with Crippen molar-refractivity contribution in [2.75, 3.05) is 32.8 Å². The van der Waals surface area contributed by atoms with Gasteiger partial charge in [-0.15, -0.1) is 0 Å². The molecule has 1 rings (SSSR count). The number of aryl methyl sites for hydroxylation is 2. The van der Waals surface area contributed by atoms with Crippen molar-refractivity contribution in [1.29, 1.82) is 0 Å². The molecule has 0 amide bonds. The van der Waals surface area contributed by atoms with Gasteiger partial charge in [-0.1, -0.05) is 78.2 Å². The first kappa shape index (κ1) is 35.1. The van der Waals surface area contributed by atoms with Crippen molar-refractivity contribution in [3.8, 4) is 5.75 Å². The first-order valence-corrected chi connectivity index (χ1v) is 15.8. The van der Waals surface area contributed by atoms with Gasteiger partial charge in [0, 0.05) is 19.4 Å². The van der Waals surface area contributed by atoms with Gasteiger partial charge in [0.1, 0.15) is 5.75 Å². The maximum Gasteiger partial charge on any atom is 0.311 e. The van der Waals surface area contributed by atoms with E-state index < -0.39 is 0 Å². The lowest BCUT2D eigenvalue weighted by Crippen LogP contribution is -2.29. The van der Waals surface area contributed by atoms with Gasteiger partial charge >= 0.3 is 11.9 Å². The molecule has 0 aliphatic rings. The van der Waals surface area contributed by atoms with Crippen LogP contribution in [-0.4, -0.2) is 54.8 Å². The number of aliphatic hydroxyl groups excluding tert-OH is 1. The minimum Gasteiger partial charge on any atom is -0.466 e. The van der Waals surface area contributed by atoms with Crippen LogP contribution >= 0.6 is 0 Å². The van der Waals surface area contributed by atoms with E-state index in [9.17, 15) is 14.7 Å². The fraction of sp³-hybridized carbons (Fsp3) is 0.758. The van der Waals surface area contributed by atoms with Gasteiger partial charge in [-0.25, -0.2) is 0 Å². The average Bonchev–Trinajstić information content (AvgIpc) is 2.94. The molecule has 1 N–H and O–H groups in total. The van der Waals surface area contributed by atoms with Gasteiger partial charge in [0.2, 0.25) is 0 Å². The Kier molecular flexibility index (Phi) is 21.5. The second kappa shape index (κ2) is 23.9. The van der Waals surface area contributed by atoms with Gasteiger partial charge in [0.25, 0.3) is 0 Å². The average molecular weight is 548 g/mol. The number of hydrogen-bond donors (Lipinski definition) is 1. The van der Waals surface area contributed by atoms with Gasteiger partial charge in [-0.2, -0.15) is 0 Å². The lowest BCUT2D eigenvalue weighted by Gasteiger charge is -2.21. The molecule has 224 valence electrons. The van der Waals surface area contributed by atoms with E-state index in [2.05, 4.69) is 31.7 Å². The number of carbonyl (C=O) groups excluding carboxylic acids is 2. The maximum atomic E-state index is 12.2. The molecule has 0 unspecified atom stereocenters. The number of benzene rings is 1. The Morgan fingerprint density at radius 3 is 1.87 bits per heavy atom. The van der Waals surface area contributed by atoms with Crippen LogP contribution in [0.2, 0.25) is 0 Å². The first-order valence-electron chi connectivity index (χ1n) is 15.8. The van der Waals surface area contributed by atoms with Gasteiger partial charge in [-0.05, 0) is 81.3 Å². The third kappa shape index (κ3) is 18.1. The third-order valence-corrected chi connectivity index (χ3v) is 7.31. The number of rotatable bonds is 25. The summed E-state index contributed by atoms with van der Waals surface area (Å²) in [6.45, 7) is 9.95. The summed E-state index contributed by atoms with van der Waals surface area (Å²) in [5.74, 6) is 0.469. The standard InChI is InChI=1S/C33H57NO5/c1-4-7-18-27-38-32(36)19-14-10-8-12-16-23-34(25-26-35)24-17-13-9-11-15-20-33(37)39-31-22-21-29(5-2)30(6-3)28-31/h21-22,28,35H,4-20,23-27H2,1-3H3. The van der Waals surface area contributed by atoms with Gasteiger partial charge < -0.3 is 19.5 Å². The SMILES string of the molecule is CCCCCOC(=O)CCCCCCCN(CCO)CCCCCCCC(=O)Oc1ccc(CC)c(CC)c1. The summed E-state index contributed by atoms with van der Waals surface area (Å²) in [5, 5.41) is 9.41. The molecule has 0 fully saturated rings. The van der Waals surface area contributed by atoms with Crippen LogP contribution < -0.4 is 4.74 Å². The summed E-state index contributed by atoms with van der Waals surface area (Å²) in [5.41, 5.74) is 2.57. The highest BCUT2D eigenvalue weighted by Gasteiger charge is 2.08. The van der Waals surface area contributed by atoms with Gasteiger partial charge in [0.15, 0.2) is 0 Å². The van der Waals surface area contributed by atoms with Crippen molar-refractivity contribution < 1.29 is 24.2 Å². The normalized spacial score (nSPS) is 11.2. The van der Waals surface area contributed by atoms with Gasteiger partial charge in [0.05, 0.1) is 13.2 Å². The van der Waals surface area contributed by atoms with Crippen LogP contribution in [0, 0.1) is 0 Å². The van der Waals surface area contributed by atoms with Crippen LogP contribution in [0.25, 0.3) is 0 Å². The molecule has 0 saturated carbocycles. The molecule has 6 heteroatoms. The van der Waals surface area contributed by atoms with Crippen LogP contribution in [0.5, 0.6) is 5.75 Å². The smallest absolute Gasteiger partial charge is 0.311 e. The zero-order chi connectivity index (χ0) is 28.6. The van der Waals surface area contributed by atoms with Crippen molar-refractivity contribution in [2.24, 2.45) is 0 Å². The molecule has 39 heavy (non-hydrogen) atoms. The largest absolute Gasteiger partial charge is 0.466 e. The zero-order valence-corrected chi connectivity index (χ0v) is 25.3. The molecule has 0 saturated heterocycles. The molecular weight excluding hydrogens is 490 g/mol. The quantitative estimate of drug-likeness (QED) is 0.0779. The molecule has 6 nitrogen and oxygen atoms in total. The Labute approximate surface area is 238 Å². The third-order valence-electron chi connectivity index (χ3n) is 7.31. The van der Waals surface area contributed by atoms with Crippen LogP contribution in [0.15, 0.2) is 18.2 Å². The van der Waals surface area contributed by atoms with Gasteiger partial charge in [-0.3, -0.25) is 9.59 Å². The fourth-order valence-electron chi connectivity index (χ4n) is 4.88. The lowest BCUT2D eigenvalue weighted by molar-refractivity contribution is -0.144. The van der Waals surface area contributed by atoms with E-state index >= 15 is 0 Å². The molecule has 1 aromatic carbocycles. The van der Waals surface area contributed by atoms with E-state index in [1.165, 1.54) is 11.1 Å². The molecule has 0 aliphatic carbocycles. The van der Waals surface area contributed by atoms with E-state index in [-0.39, 0.29) is 18.5 Å². The van der Waals surface area contributed by atoms with Crippen LogP contribution in [0.3, 0.4) is 0 Å². The van der Waals surface area contributed by atoms with Crippen molar-refractivity contribution in [3.63, 3.8) is 0 Å². The Morgan fingerprint density at radius 1 is 0.692 bits per heavy atom. The van der Waals surface area contributed by atoms with Crippen molar-refractivity contribution in [1.82, 2.24) is 4.90 Å². The molecule has 0 aromatic heterocycles. The lowest BCUT2D eigenvalue weighted by atomic mass is 10.0. The number of carbonyl (C=O) groups is 2. The van der Waals surface area contributed by atoms with Crippen molar-refractivity contribution in [2.45, 2.75) is 130 Å². The molecule has 0 atom stereocenters. The minimum atomic E-state index is -0.141. The predicted molar refractivity (Wildman–Crippen MR) is 160 cm³/mol. The molecule has 0 spiro atoms. The Bertz CT molecular complexity index is 766. The topological polar surface area (TPSA) is 76.1 Å². The van der Waals surface area contributed by atoms with E-state index in [1.54, 1.807) is 0 Å². The monoisotopic (exact) mass is 547 g/mol. The highest BCUT2D eigenvalue weighted by atomic mass is 16.5. The number of nitrogens with zero attached hydrogens (tertiary/aromatic N) is 1. The summed E-state index contributed by atoms with van der Waals surface area (Å²) in [6.07, 6.45) is 16.9. The van der Waals surface area contributed by atoms with Crippen molar-refractivity contribution in [3.05, 3.63) is 29.3 Å². The highest BCUT2D eigenvalue weighted by Crippen LogP contribution is 2.20. The Hall–Kier alpha value is -1.92. The summed E-state index contributed by atoms with van der Waals surface area (Å²) in [4.78, 5) is 26.3. The number of esters is 2. The van der Waals surface area contributed by atoms with E-state index in [1.807, 2.05) is 12.1 Å². The summed E-state index contributed by atoms with van der Waals surface area (Å²) >= 11 is 0. The van der Waals surface area contributed by atoms with Crippen LogP contribution in [0.1, 0.15) is 128 Å². The molecule has 0 radical (unpaired) electrons. The number of ether oxygens (including phenoxy) is 2. The van der Waals surface area contributed by atoms with E-state index in [0.717, 1.165) is 116 Å². The fourth-order valence-corrected chi connectivity index (χ4v) is 4.88. The Morgan fingerprint density at radius 2 is 1.28 bits per heavy atom. The predicted octanol–water partition coefficient (Wildman–Crippen LogP) is 7.43.